The van der Waals surface area contributed by atoms with E-state index in [0.717, 1.165) is 30.9 Å². The van der Waals surface area contributed by atoms with Gasteiger partial charge in [-0.1, -0.05) is 81.9 Å². The van der Waals surface area contributed by atoms with Crippen LogP contribution in [0.15, 0.2) is 52.7 Å². The molecule has 3 N–H and O–H groups in total. The molecule has 0 unspecified atom stereocenters. The van der Waals surface area contributed by atoms with Crippen molar-refractivity contribution in [2.45, 2.75) is 104 Å². The fourth-order valence-corrected chi connectivity index (χ4v) is 4.37. The Morgan fingerprint density at radius 2 is 1.84 bits per heavy atom. The van der Waals surface area contributed by atoms with E-state index in [4.69, 9.17) is 9.53 Å². The summed E-state index contributed by atoms with van der Waals surface area (Å²) in [4.78, 5) is 13.1. The van der Waals surface area contributed by atoms with Gasteiger partial charge in [0.2, 0.25) is 6.41 Å². The Bertz CT molecular complexity index is 772. The highest BCUT2D eigenvalue weighted by Crippen LogP contribution is 2.36. The standard InChI is InChI=1S/C20H36F2N2O.C10H14.CH3NO/c1-5-19(25-15-20(3,21)22)24-18(14-23-4)16(2)10-9-13-17-11-7-6-8-12-17;1-3-5-6-9(4-2)10-7-8-10;2-1-3/h17,23H,5-15H2,1-4H3;3-6,10H,1,7-8H2,2H3;1H,(H2,2,3)/b18-16+,24-19?;6-5-,9-4+;. The fraction of sp³-hybridized carbons (Fsp3) is 0.677. The van der Waals surface area contributed by atoms with Crippen LogP contribution in [0.4, 0.5) is 8.78 Å². The first-order valence-corrected chi connectivity index (χ1v) is 14.2. The molecular weight excluding hydrogens is 484 g/mol. The number of hydrogen-bond acceptors (Lipinski definition) is 4. The van der Waals surface area contributed by atoms with Crippen molar-refractivity contribution in [3.63, 3.8) is 0 Å². The molecule has 0 aliphatic heterocycles. The minimum atomic E-state index is -2.84. The van der Waals surface area contributed by atoms with Crippen LogP contribution < -0.4 is 11.1 Å². The molecule has 0 bridgehead atoms. The number of nitrogens with zero attached hydrogens (tertiary/aromatic N) is 1. The fourth-order valence-electron chi connectivity index (χ4n) is 4.37. The molecule has 0 radical (unpaired) electrons. The normalized spacial score (nSPS) is 17.6. The third-order valence-corrected chi connectivity index (χ3v) is 6.59. The van der Waals surface area contributed by atoms with Gasteiger partial charge in [-0.2, -0.15) is 0 Å². The maximum absolute atomic E-state index is 13.0. The summed E-state index contributed by atoms with van der Waals surface area (Å²) in [6.07, 6.45) is 22.1. The number of carbonyl (C=O) groups excluding carboxylic acids is 1. The predicted octanol–water partition coefficient (Wildman–Crippen LogP) is 7.90. The van der Waals surface area contributed by atoms with Gasteiger partial charge in [-0.15, -0.1) is 0 Å². The van der Waals surface area contributed by atoms with Crippen molar-refractivity contribution in [2.75, 3.05) is 20.2 Å². The number of amides is 1. The van der Waals surface area contributed by atoms with Crippen LogP contribution in [0.3, 0.4) is 0 Å². The molecule has 0 atom stereocenters. The summed E-state index contributed by atoms with van der Waals surface area (Å²) in [5.74, 6) is -0.698. The highest BCUT2D eigenvalue weighted by molar-refractivity contribution is 5.77. The second-order valence-electron chi connectivity index (χ2n) is 10.2. The van der Waals surface area contributed by atoms with E-state index < -0.39 is 12.5 Å². The van der Waals surface area contributed by atoms with E-state index in [9.17, 15) is 8.78 Å². The zero-order valence-corrected chi connectivity index (χ0v) is 24.5. The van der Waals surface area contributed by atoms with Crippen molar-refractivity contribution in [3.05, 3.63) is 47.7 Å². The first kappa shape index (κ1) is 35.7. The summed E-state index contributed by atoms with van der Waals surface area (Å²) in [5, 5.41) is 3.12. The number of alkyl halides is 2. The third kappa shape index (κ3) is 18.9. The van der Waals surface area contributed by atoms with Crippen molar-refractivity contribution < 1.29 is 18.3 Å². The first-order chi connectivity index (χ1) is 18.1. The van der Waals surface area contributed by atoms with Crippen LogP contribution in [0.1, 0.15) is 98.3 Å². The minimum Gasteiger partial charge on any atom is -0.474 e. The van der Waals surface area contributed by atoms with Gasteiger partial charge in [-0.25, -0.2) is 13.8 Å². The molecule has 38 heavy (non-hydrogen) atoms. The molecule has 0 aromatic heterocycles. The zero-order valence-electron chi connectivity index (χ0n) is 24.5. The molecule has 2 rings (SSSR count). The number of carbonyl (C=O) groups is 1. The van der Waals surface area contributed by atoms with Crippen molar-refractivity contribution in [1.82, 2.24) is 5.32 Å². The molecule has 218 valence electrons. The first-order valence-electron chi connectivity index (χ1n) is 14.2. The predicted molar refractivity (Wildman–Crippen MR) is 157 cm³/mol. The van der Waals surface area contributed by atoms with E-state index >= 15 is 0 Å². The van der Waals surface area contributed by atoms with Crippen LogP contribution in [-0.2, 0) is 9.53 Å². The van der Waals surface area contributed by atoms with E-state index in [-0.39, 0.29) is 6.41 Å². The van der Waals surface area contributed by atoms with Crippen LogP contribution in [0.5, 0.6) is 0 Å². The number of nitrogens with two attached hydrogens (primary N) is 1. The van der Waals surface area contributed by atoms with Crippen LogP contribution in [-0.4, -0.2) is 38.4 Å². The van der Waals surface area contributed by atoms with Crippen LogP contribution in [0.25, 0.3) is 0 Å². The van der Waals surface area contributed by atoms with Gasteiger partial charge in [0.25, 0.3) is 5.92 Å². The van der Waals surface area contributed by atoms with Crippen molar-refractivity contribution in [1.29, 1.82) is 0 Å². The number of nitrogens with one attached hydrogen (secondary N) is 1. The summed E-state index contributed by atoms with van der Waals surface area (Å²) < 4.78 is 31.2. The van der Waals surface area contributed by atoms with Gasteiger partial charge in [0, 0.05) is 19.9 Å². The molecular formula is C31H53F2N3O2. The molecule has 2 saturated carbocycles. The van der Waals surface area contributed by atoms with Gasteiger partial charge in [-0.3, -0.25) is 4.79 Å². The number of primary amides is 1. The highest BCUT2D eigenvalue weighted by atomic mass is 19.3. The molecule has 5 nitrogen and oxygen atoms in total. The minimum absolute atomic E-state index is 0.250. The lowest BCUT2D eigenvalue weighted by Gasteiger charge is -2.21. The number of allylic oxidation sites excluding steroid dienone is 6. The number of halogens is 2. The molecule has 7 heteroatoms. The molecule has 2 fully saturated rings. The Morgan fingerprint density at radius 3 is 2.32 bits per heavy atom. The summed E-state index contributed by atoms with van der Waals surface area (Å²) in [7, 11) is 1.87. The molecule has 0 heterocycles. The third-order valence-electron chi connectivity index (χ3n) is 6.59. The van der Waals surface area contributed by atoms with Crippen LogP contribution in [0.2, 0.25) is 0 Å². The molecule has 2 aliphatic carbocycles. The smallest absolute Gasteiger partial charge is 0.278 e. The Hall–Kier alpha value is -2.28. The molecule has 0 spiro atoms. The average molecular weight is 538 g/mol. The van der Waals surface area contributed by atoms with E-state index in [0.29, 0.717) is 18.9 Å². The lowest BCUT2D eigenvalue weighted by Crippen LogP contribution is -2.22. The van der Waals surface area contributed by atoms with Gasteiger partial charge in [0.05, 0.1) is 5.70 Å². The highest BCUT2D eigenvalue weighted by Gasteiger charge is 2.23. The molecule has 0 saturated heterocycles. The molecule has 2 aliphatic rings. The monoisotopic (exact) mass is 537 g/mol. The quantitative estimate of drug-likeness (QED) is 0.108. The second-order valence-corrected chi connectivity index (χ2v) is 10.2. The number of rotatable bonds is 13. The van der Waals surface area contributed by atoms with E-state index in [1.165, 1.54) is 68.9 Å². The van der Waals surface area contributed by atoms with Crippen LogP contribution in [0, 0.1) is 11.8 Å². The number of ether oxygens (including phenoxy) is 1. The van der Waals surface area contributed by atoms with E-state index in [1.54, 1.807) is 0 Å². The Balaban J connectivity index is 0.000000865. The van der Waals surface area contributed by atoms with Gasteiger partial charge < -0.3 is 15.8 Å². The molecule has 0 aromatic rings. The average Bonchev–Trinajstić information content (AvgIpc) is 3.73. The maximum Gasteiger partial charge on any atom is 0.278 e. The lowest BCUT2D eigenvalue weighted by atomic mass is 9.85. The van der Waals surface area contributed by atoms with Gasteiger partial charge >= 0.3 is 0 Å². The Kier molecular flexibility index (Phi) is 20.3. The topological polar surface area (TPSA) is 76.7 Å². The largest absolute Gasteiger partial charge is 0.474 e. The Labute approximate surface area is 230 Å². The molecule has 0 aromatic carbocycles. The second kappa shape index (κ2) is 21.6. The van der Waals surface area contributed by atoms with E-state index in [2.05, 4.69) is 48.6 Å². The summed E-state index contributed by atoms with van der Waals surface area (Å²) in [6, 6.07) is 0. The van der Waals surface area contributed by atoms with Crippen molar-refractivity contribution in [2.24, 2.45) is 22.6 Å². The summed E-state index contributed by atoms with van der Waals surface area (Å²) in [5.41, 5.74) is 7.78. The number of hydrogen-bond donors (Lipinski definition) is 2. The number of likely N-dealkylation sites (N-methyl/N-ethyl adjacent to an activating group) is 1. The SMILES string of the molecule is C=C/C=C\C(=C/C)C1CC1.CCC(=N/C(CNC)=C(\C)CCCC1CCCCC1)OCC(C)(F)F.NC=O. The summed E-state index contributed by atoms with van der Waals surface area (Å²) in [6.45, 7) is 10.6. The van der Waals surface area contributed by atoms with Gasteiger partial charge in [0.1, 0.15) is 0 Å². The van der Waals surface area contributed by atoms with Gasteiger partial charge in [0.15, 0.2) is 12.5 Å². The zero-order chi connectivity index (χ0) is 28.8. The van der Waals surface area contributed by atoms with Crippen LogP contribution >= 0.6 is 0 Å². The van der Waals surface area contributed by atoms with E-state index in [1.807, 2.05) is 26.1 Å². The van der Waals surface area contributed by atoms with Crippen molar-refractivity contribution >= 4 is 12.3 Å². The maximum atomic E-state index is 13.0. The van der Waals surface area contributed by atoms with Crippen molar-refractivity contribution in [3.8, 4) is 0 Å². The number of aliphatic imine (C=N–C) groups is 1. The lowest BCUT2D eigenvalue weighted by molar-refractivity contribution is -0.106. The van der Waals surface area contributed by atoms with Gasteiger partial charge in [-0.05, 0) is 64.0 Å². The molecule has 1 amide bonds. The Morgan fingerprint density at radius 1 is 1.21 bits per heavy atom. The summed E-state index contributed by atoms with van der Waals surface area (Å²) >= 11 is 0.